The van der Waals surface area contributed by atoms with E-state index in [2.05, 4.69) is 24.5 Å². The van der Waals surface area contributed by atoms with Crippen molar-refractivity contribution in [3.63, 3.8) is 0 Å². The highest BCUT2D eigenvalue weighted by Gasteiger charge is 1.96. The molecule has 0 aliphatic carbocycles. The fourth-order valence-corrected chi connectivity index (χ4v) is 1.42. The van der Waals surface area contributed by atoms with Crippen LogP contribution in [0, 0.1) is 0 Å². The number of rotatable bonds is 7. The Bertz CT molecular complexity index is 318. The number of nitrogens with zero attached hydrogens (tertiary/aromatic N) is 1. The van der Waals surface area contributed by atoms with Crippen LogP contribution in [0.2, 0.25) is 0 Å². The molecule has 0 amide bonds. The van der Waals surface area contributed by atoms with Crippen LogP contribution in [0.25, 0.3) is 5.32 Å². The Morgan fingerprint density at radius 3 is 2.18 bits per heavy atom. The van der Waals surface area contributed by atoms with Gasteiger partial charge in [-0.3, -0.25) is 0 Å². The lowest BCUT2D eigenvalue weighted by Gasteiger charge is -2.23. The molecule has 0 saturated heterocycles. The summed E-state index contributed by atoms with van der Waals surface area (Å²) in [5, 5.41) is 7.79. The van der Waals surface area contributed by atoms with E-state index in [9.17, 15) is 0 Å². The van der Waals surface area contributed by atoms with E-state index in [1.54, 1.807) is 14.2 Å². The zero-order valence-corrected chi connectivity index (χ0v) is 11.0. The van der Waals surface area contributed by atoms with E-state index >= 15 is 0 Å². The molecular weight excluding hydrogens is 216 g/mol. The second-order valence-electron chi connectivity index (χ2n) is 4.06. The van der Waals surface area contributed by atoms with E-state index in [1.165, 1.54) is 0 Å². The van der Waals surface area contributed by atoms with Gasteiger partial charge in [-0.05, 0) is 18.7 Å². The van der Waals surface area contributed by atoms with E-state index in [0.717, 1.165) is 30.3 Å². The van der Waals surface area contributed by atoms with Crippen molar-refractivity contribution >= 4 is 5.69 Å². The highest BCUT2D eigenvalue weighted by atomic mass is 16.5. The van der Waals surface area contributed by atoms with E-state index < -0.39 is 0 Å². The summed E-state index contributed by atoms with van der Waals surface area (Å²) in [7, 11) is 3.28. The van der Waals surface area contributed by atoms with Gasteiger partial charge < -0.3 is 20.1 Å². The molecule has 1 N–H and O–H groups in total. The van der Waals surface area contributed by atoms with Gasteiger partial charge in [0.25, 0.3) is 0 Å². The van der Waals surface area contributed by atoms with Crippen molar-refractivity contribution in [1.29, 1.82) is 0 Å². The van der Waals surface area contributed by atoms with Crippen LogP contribution in [-0.4, -0.2) is 33.4 Å². The molecule has 0 fully saturated rings. The smallest absolute Gasteiger partial charge is 0.121 e. The van der Waals surface area contributed by atoms with Gasteiger partial charge in [-0.25, -0.2) is 0 Å². The number of hydrogen-bond acceptors (Lipinski definition) is 3. The predicted molar refractivity (Wildman–Crippen MR) is 70.6 cm³/mol. The fourth-order valence-electron chi connectivity index (χ4n) is 1.42. The van der Waals surface area contributed by atoms with Crippen LogP contribution in [0.5, 0.6) is 11.5 Å². The van der Waals surface area contributed by atoms with Gasteiger partial charge in [0.05, 0.1) is 14.2 Å². The molecule has 1 rings (SSSR count). The Morgan fingerprint density at radius 1 is 1.12 bits per heavy atom. The minimum absolute atomic E-state index is 0.491. The average molecular weight is 237 g/mol. The zero-order valence-electron chi connectivity index (χ0n) is 11.0. The molecule has 4 heteroatoms. The van der Waals surface area contributed by atoms with Crippen LogP contribution < -0.4 is 14.8 Å². The average Bonchev–Trinajstić information content (AvgIpc) is 2.34. The summed E-state index contributed by atoms with van der Waals surface area (Å²) in [6, 6.07) is 6.13. The molecule has 0 spiro atoms. The molecule has 0 saturated carbocycles. The van der Waals surface area contributed by atoms with Gasteiger partial charge in [0.2, 0.25) is 0 Å². The normalized spacial score (nSPS) is 10.4. The summed E-state index contributed by atoms with van der Waals surface area (Å²) in [5.74, 6) is 1.53. The minimum Gasteiger partial charge on any atom is -0.683 e. The lowest BCUT2D eigenvalue weighted by molar-refractivity contribution is 0.395. The van der Waals surface area contributed by atoms with Gasteiger partial charge in [0.1, 0.15) is 11.5 Å². The van der Waals surface area contributed by atoms with Crippen LogP contribution in [0.4, 0.5) is 5.69 Å². The van der Waals surface area contributed by atoms with Gasteiger partial charge in [-0.15, -0.1) is 12.2 Å². The Labute approximate surface area is 103 Å². The third-order valence-corrected chi connectivity index (χ3v) is 2.29. The molecule has 0 aliphatic heterocycles. The van der Waals surface area contributed by atoms with Crippen LogP contribution in [0.3, 0.4) is 0 Å². The first-order chi connectivity index (χ1) is 8.15. The number of methoxy groups -OCH3 is 2. The van der Waals surface area contributed by atoms with Gasteiger partial charge >= 0.3 is 0 Å². The van der Waals surface area contributed by atoms with E-state index in [-0.39, 0.29) is 0 Å². The van der Waals surface area contributed by atoms with Crippen molar-refractivity contribution in [2.45, 2.75) is 19.9 Å². The lowest BCUT2D eigenvalue weighted by atomic mass is 10.2. The molecule has 0 radical (unpaired) electrons. The molecule has 0 atom stereocenters. The van der Waals surface area contributed by atoms with Crippen LogP contribution in [0.1, 0.15) is 13.8 Å². The monoisotopic (exact) mass is 237 g/mol. The summed E-state index contributed by atoms with van der Waals surface area (Å²) in [4.78, 5) is 0. The third kappa shape index (κ3) is 4.95. The zero-order chi connectivity index (χ0) is 12.7. The van der Waals surface area contributed by atoms with Crippen molar-refractivity contribution in [3.05, 3.63) is 23.5 Å². The van der Waals surface area contributed by atoms with Gasteiger partial charge in [0, 0.05) is 12.1 Å². The summed E-state index contributed by atoms with van der Waals surface area (Å²) in [6.07, 6.45) is 0. The second kappa shape index (κ2) is 7.01. The van der Waals surface area contributed by atoms with Crippen molar-refractivity contribution in [1.82, 2.24) is 5.32 Å². The highest BCUT2D eigenvalue weighted by molar-refractivity contribution is 5.57. The number of ether oxygens (including phenoxy) is 2. The van der Waals surface area contributed by atoms with Crippen molar-refractivity contribution in [2.24, 2.45) is 0 Å². The Morgan fingerprint density at radius 2 is 1.71 bits per heavy atom. The molecule has 0 heterocycles. The first-order valence-corrected chi connectivity index (χ1v) is 5.79. The van der Waals surface area contributed by atoms with Gasteiger partial charge in [-0.2, -0.15) is 0 Å². The molecule has 17 heavy (non-hydrogen) atoms. The number of hydrogen-bond donors (Lipinski definition) is 1. The standard InChI is InChI=1S/C13H21N2O2/c1-10(2)14-5-6-15-11-7-12(16-3)9-13(8-11)17-4/h7-10,14H,5-6H2,1-4H3/q-1. The fraction of sp³-hybridized carbons (Fsp3) is 0.538. The SMILES string of the molecule is COc1cc([N-]CCNC(C)C)cc(OC)c1. The quantitative estimate of drug-likeness (QED) is 0.742. The lowest BCUT2D eigenvalue weighted by Crippen LogP contribution is -2.25. The second-order valence-corrected chi connectivity index (χ2v) is 4.06. The number of nitrogens with one attached hydrogen (secondary N) is 1. The first kappa shape index (κ1) is 13.6. The summed E-state index contributed by atoms with van der Waals surface area (Å²) in [5.41, 5.74) is 0.881. The maximum Gasteiger partial charge on any atom is 0.121 e. The Hall–Kier alpha value is -1.42. The molecule has 96 valence electrons. The Balaban J connectivity index is 2.51. The first-order valence-electron chi connectivity index (χ1n) is 5.79. The van der Waals surface area contributed by atoms with Crippen LogP contribution in [0.15, 0.2) is 18.2 Å². The maximum absolute atomic E-state index is 5.19. The van der Waals surface area contributed by atoms with Crippen molar-refractivity contribution in [2.75, 3.05) is 27.3 Å². The van der Waals surface area contributed by atoms with Gasteiger partial charge in [0.15, 0.2) is 0 Å². The molecule has 0 bridgehead atoms. The minimum atomic E-state index is 0.491. The topological polar surface area (TPSA) is 44.6 Å². The van der Waals surface area contributed by atoms with Crippen molar-refractivity contribution in [3.8, 4) is 11.5 Å². The summed E-state index contributed by atoms with van der Waals surface area (Å²) < 4.78 is 10.4. The maximum atomic E-state index is 5.19. The van der Waals surface area contributed by atoms with Gasteiger partial charge in [-0.1, -0.05) is 13.8 Å². The highest BCUT2D eigenvalue weighted by Crippen LogP contribution is 2.29. The molecule has 1 aromatic rings. The van der Waals surface area contributed by atoms with E-state index in [0.29, 0.717) is 6.04 Å². The predicted octanol–water partition coefficient (Wildman–Crippen LogP) is 2.71. The largest absolute Gasteiger partial charge is 0.683 e. The molecule has 0 aliphatic rings. The van der Waals surface area contributed by atoms with E-state index in [4.69, 9.17) is 9.47 Å². The number of benzene rings is 1. The molecule has 0 unspecified atom stereocenters. The summed E-state index contributed by atoms with van der Waals surface area (Å²) in [6.45, 7) is 5.86. The molecule has 1 aromatic carbocycles. The third-order valence-electron chi connectivity index (χ3n) is 2.29. The summed E-state index contributed by atoms with van der Waals surface area (Å²) >= 11 is 0. The molecule has 0 aromatic heterocycles. The molecule has 4 nitrogen and oxygen atoms in total. The van der Waals surface area contributed by atoms with E-state index in [1.807, 2.05) is 18.2 Å². The van der Waals surface area contributed by atoms with Crippen molar-refractivity contribution < 1.29 is 9.47 Å². The Kier molecular flexibility index (Phi) is 5.63. The van der Waals surface area contributed by atoms with Crippen LogP contribution >= 0.6 is 0 Å². The van der Waals surface area contributed by atoms with Crippen LogP contribution in [-0.2, 0) is 0 Å². The molecular formula is C13H21N2O2-.